The lowest BCUT2D eigenvalue weighted by Crippen LogP contribution is -2.43. The third kappa shape index (κ3) is 3.58. The average Bonchev–Trinajstić information content (AvgIpc) is 2.47. The number of likely N-dealkylation sites (tertiary alicyclic amines) is 1. The van der Waals surface area contributed by atoms with Crippen LogP contribution >= 0.6 is 0 Å². The molecule has 0 bridgehead atoms. The second kappa shape index (κ2) is 6.86. The van der Waals surface area contributed by atoms with Crippen molar-refractivity contribution in [2.24, 2.45) is 0 Å². The molecule has 0 aliphatic carbocycles. The van der Waals surface area contributed by atoms with Gasteiger partial charge in [0.15, 0.2) is 5.78 Å². The molecule has 0 unspecified atom stereocenters. The first-order chi connectivity index (χ1) is 9.61. The summed E-state index contributed by atoms with van der Waals surface area (Å²) >= 11 is 0. The van der Waals surface area contributed by atoms with Gasteiger partial charge in [0, 0.05) is 19.1 Å². The van der Waals surface area contributed by atoms with E-state index in [0.717, 1.165) is 25.9 Å². The molecule has 4 nitrogen and oxygen atoms in total. The molecule has 4 heteroatoms. The molecule has 0 N–H and O–H groups in total. The maximum absolute atomic E-state index is 12.4. The Bertz CT molecular complexity index is 452. The van der Waals surface area contributed by atoms with E-state index in [1.165, 1.54) is 0 Å². The fourth-order valence-corrected chi connectivity index (χ4v) is 2.76. The predicted molar refractivity (Wildman–Crippen MR) is 80.5 cm³/mol. The second-order valence-electron chi connectivity index (χ2n) is 5.59. The highest BCUT2D eigenvalue weighted by Crippen LogP contribution is 2.20. The molecule has 20 heavy (non-hydrogen) atoms. The standard InChI is InChI=1S/C16H24N2O2/c1-17(2)13-8-10-18(11-9-13)12-15(19)14-6-4-5-7-16(14)20-3/h4-7,13H,8-12H2,1-3H3. The first-order valence-corrected chi connectivity index (χ1v) is 7.17. The van der Waals surface area contributed by atoms with Crippen molar-refractivity contribution in [3.63, 3.8) is 0 Å². The van der Waals surface area contributed by atoms with E-state index < -0.39 is 0 Å². The van der Waals surface area contributed by atoms with Gasteiger partial charge in [0.05, 0.1) is 19.2 Å². The Morgan fingerprint density at radius 1 is 1.30 bits per heavy atom. The smallest absolute Gasteiger partial charge is 0.180 e. The van der Waals surface area contributed by atoms with Crippen LogP contribution in [0.4, 0.5) is 0 Å². The van der Waals surface area contributed by atoms with E-state index in [-0.39, 0.29) is 5.78 Å². The number of benzene rings is 1. The zero-order chi connectivity index (χ0) is 14.5. The van der Waals surface area contributed by atoms with E-state index in [0.29, 0.717) is 23.9 Å². The molecule has 110 valence electrons. The summed E-state index contributed by atoms with van der Waals surface area (Å²) < 4.78 is 5.26. The zero-order valence-corrected chi connectivity index (χ0v) is 12.6. The largest absolute Gasteiger partial charge is 0.496 e. The summed E-state index contributed by atoms with van der Waals surface area (Å²) in [5.74, 6) is 0.812. The Labute approximate surface area is 121 Å². The van der Waals surface area contributed by atoms with Crippen LogP contribution in [0.15, 0.2) is 24.3 Å². The molecule has 2 rings (SSSR count). The summed E-state index contributed by atoms with van der Waals surface area (Å²) in [5, 5.41) is 0. The number of ketones is 1. The number of hydrogen-bond donors (Lipinski definition) is 0. The lowest BCUT2D eigenvalue weighted by atomic mass is 10.0. The quantitative estimate of drug-likeness (QED) is 0.769. The van der Waals surface area contributed by atoms with Gasteiger partial charge in [-0.2, -0.15) is 0 Å². The number of methoxy groups -OCH3 is 1. The summed E-state index contributed by atoms with van der Waals surface area (Å²) in [4.78, 5) is 16.9. The Morgan fingerprint density at radius 2 is 1.95 bits per heavy atom. The maximum atomic E-state index is 12.4. The SMILES string of the molecule is COc1ccccc1C(=O)CN1CCC(N(C)C)CC1. The van der Waals surface area contributed by atoms with Gasteiger partial charge in [-0.05, 0) is 39.1 Å². The summed E-state index contributed by atoms with van der Waals surface area (Å²) in [7, 11) is 5.86. The van der Waals surface area contributed by atoms with Crippen LogP contribution in [-0.2, 0) is 0 Å². The minimum atomic E-state index is 0.144. The first kappa shape index (κ1) is 15.0. The third-order valence-corrected chi connectivity index (χ3v) is 4.06. The van der Waals surface area contributed by atoms with Gasteiger partial charge >= 0.3 is 0 Å². The van der Waals surface area contributed by atoms with Gasteiger partial charge in [-0.3, -0.25) is 9.69 Å². The topological polar surface area (TPSA) is 32.8 Å². The zero-order valence-electron chi connectivity index (χ0n) is 12.6. The number of rotatable bonds is 5. The molecule has 1 fully saturated rings. The van der Waals surface area contributed by atoms with Crippen LogP contribution in [0.25, 0.3) is 0 Å². The van der Waals surface area contributed by atoms with Gasteiger partial charge in [-0.1, -0.05) is 12.1 Å². The van der Waals surface area contributed by atoms with E-state index in [4.69, 9.17) is 4.74 Å². The predicted octanol–water partition coefficient (Wildman–Crippen LogP) is 1.90. The molecular weight excluding hydrogens is 252 g/mol. The van der Waals surface area contributed by atoms with Crippen molar-refractivity contribution in [2.45, 2.75) is 18.9 Å². The van der Waals surface area contributed by atoms with Crippen LogP contribution in [0.3, 0.4) is 0 Å². The van der Waals surface area contributed by atoms with Crippen molar-refractivity contribution in [1.82, 2.24) is 9.80 Å². The van der Waals surface area contributed by atoms with Gasteiger partial charge in [-0.15, -0.1) is 0 Å². The number of piperidine rings is 1. The van der Waals surface area contributed by atoms with E-state index in [1.807, 2.05) is 24.3 Å². The highest BCUT2D eigenvalue weighted by atomic mass is 16.5. The molecule has 0 saturated carbocycles. The number of hydrogen-bond acceptors (Lipinski definition) is 4. The average molecular weight is 276 g/mol. The Kier molecular flexibility index (Phi) is 5.15. The summed E-state index contributed by atoms with van der Waals surface area (Å²) in [5.41, 5.74) is 0.685. The lowest BCUT2D eigenvalue weighted by Gasteiger charge is -2.34. The number of Topliss-reactive ketones (excluding diaryl/α,β-unsaturated/α-hetero) is 1. The van der Waals surface area contributed by atoms with Crippen molar-refractivity contribution < 1.29 is 9.53 Å². The van der Waals surface area contributed by atoms with Crippen LogP contribution in [0, 0.1) is 0 Å². The monoisotopic (exact) mass is 276 g/mol. The van der Waals surface area contributed by atoms with Crippen LogP contribution in [-0.4, -0.2) is 62.5 Å². The number of carbonyl (C=O) groups excluding carboxylic acids is 1. The van der Waals surface area contributed by atoms with E-state index >= 15 is 0 Å². The van der Waals surface area contributed by atoms with Crippen molar-refractivity contribution in [3.05, 3.63) is 29.8 Å². The fourth-order valence-electron chi connectivity index (χ4n) is 2.76. The molecule has 1 aliphatic rings. The molecule has 0 spiro atoms. The molecule has 0 amide bonds. The van der Waals surface area contributed by atoms with Crippen LogP contribution in [0.2, 0.25) is 0 Å². The van der Waals surface area contributed by atoms with Crippen molar-refractivity contribution in [2.75, 3.05) is 40.8 Å². The summed E-state index contributed by atoms with van der Waals surface area (Å²) in [6.07, 6.45) is 2.26. The van der Waals surface area contributed by atoms with Gasteiger partial charge in [0.2, 0.25) is 0 Å². The molecule has 1 saturated heterocycles. The Hall–Kier alpha value is -1.39. The molecule has 0 aromatic heterocycles. The highest BCUT2D eigenvalue weighted by Gasteiger charge is 2.23. The van der Waals surface area contributed by atoms with E-state index in [1.54, 1.807) is 7.11 Å². The third-order valence-electron chi connectivity index (χ3n) is 4.06. The second-order valence-corrected chi connectivity index (χ2v) is 5.59. The van der Waals surface area contributed by atoms with E-state index in [9.17, 15) is 4.79 Å². The summed E-state index contributed by atoms with van der Waals surface area (Å²) in [6, 6.07) is 8.10. The first-order valence-electron chi connectivity index (χ1n) is 7.17. The van der Waals surface area contributed by atoms with Gasteiger partial charge in [0.25, 0.3) is 0 Å². The van der Waals surface area contributed by atoms with Gasteiger partial charge < -0.3 is 9.64 Å². The molecular formula is C16H24N2O2. The number of carbonyl (C=O) groups is 1. The minimum absolute atomic E-state index is 0.144. The molecule has 1 aliphatic heterocycles. The van der Waals surface area contributed by atoms with Gasteiger partial charge in [-0.25, -0.2) is 0 Å². The Balaban J connectivity index is 1.93. The fraction of sp³-hybridized carbons (Fsp3) is 0.562. The van der Waals surface area contributed by atoms with Crippen LogP contribution < -0.4 is 4.74 Å². The highest BCUT2D eigenvalue weighted by molar-refractivity contribution is 6.00. The molecule has 1 aromatic rings. The molecule has 0 atom stereocenters. The maximum Gasteiger partial charge on any atom is 0.180 e. The molecule has 1 heterocycles. The number of nitrogens with zero attached hydrogens (tertiary/aromatic N) is 2. The lowest BCUT2D eigenvalue weighted by molar-refractivity contribution is 0.0871. The van der Waals surface area contributed by atoms with E-state index in [2.05, 4.69) is 23.9 Å². The van der Waals surface area contributed by atoms with Crippen LogP contribution in [0.5, 0.6) is 5.75 Å². The van der Waals surface area contributed by atoms with Crippen LogP contribution in [0.1, 0.15) is 23.2 Å². The Morgan fingerprint density at radius 3 is 2.55 bits per heavy atom. The summed E-state index contributed by atoms with van der Waals surface area (Å²) in [6.45, 7) is 2.47. The minimum Gasteiger partial charge on any atom is -0.496 e. The number of para-hydroxylation sites is 1. The van der Waals surface area contributed by atoms with Crippen molar-refractivity contribution in [3.8, 4) is 5.75 Å². The molecule has 0 radical (unpaired) electrons. The van der Waals surface area contributed by atoms with Crippen molar-refractivity contribution >= 4 is 5.78 Å². The normalized spacial score (nSPS) is 17.4. The number of ether oxygens (including phenoxy) is 1. The van der Waals surface area contributed by atoms with Crippen molar-refractivity contribution in [1.29, 1.82) is 0 Å². The molecule has 1 aromatic carbocycles. The van der Waals surface area contributed by atoms with Gasteiger partial charge in [0.1, 0.15) is 5.75 Å².